The summed E-state index contributed by atoms with van der Waals surface area (Å²) in [5.41, 5.74) is 1.19. The minimum absolute atomic E-state index is 0.00981. The summed E-state index contributed by atoms with van der Waals surface area (Å²) in [4.78, 5) is 65.2. The van der Waals surface area contributed by atoms with Gasteiger partial charge in [0.1, 0.15) is 6.61 Å². The quantitative estimate of drug-likeness (QED) is 0.172. The highest BCUT2D eigenvalue weighted by atomic mass is 16.5. The van der Waals surface area contributed by atoms with Gasteiger partial charge in [-0.1, -0.05) is 68.8 Å². The number of carbonyl (C=O) groups excluding carboxylic acids is 6. The number of ether oxygens (including phenoxy) is 2. The molecule has 1 N–H and O–H groups in total. The first-order valence-electron chi connectivity index (χ1n) is 10.3. The highest BCUT2D eigenvalue weighted by molar-refractivity contribution is 6.15. The number of carbonyl (C=O) groups is 6. The molecular formula is C27H31NO8. The van der Waals surface area contributed by atoms with Gasteiger partial charge in [-0.15, -0.1) is 0 Å². The van der Waals surface area contributed by atoms with Gasteiger partial charge in [0.2, 0.25) is 5.91 Å². The third kappa shape index (κ3) is 16.0. The van der Waals surface area contributed by atoms with Gasteiger partial charge in [-0.25, -0.2) is 4.79 Å². The van der Waals surface area contributed by atoms with Gasteiger partial charge in [0.05, 0.1) is 12.7 Å². The van der Waals surface area contributed by atoms with Crippen LogP contribution in [-0.4, -0.2) is 49.0 Å². The lowest BCUT2D eigenvalue weighted by molar-refractivity contribution is -0.153. The fourth-order valence-electron chi connectivity index (χ4n) is 2.02. The van der Waals surface area contributed by atoms with Crippen molar-refractivity contribution >= 4 is 41.4 Å². The summed E-state index contributed by atoms with van der Waals surface area (Å²) in [7, 11) is 1.20. The molecule has 0 saturated carbocycles. The maximum absolute atomic E-state index is 11.1. The Balaban J connectivity index is 0. The Morgan fingerprint density at radius 1 is 0.917 bits per heavy atom. The van der Waals surface area contributed by atoms with Gasteiger partial charge in [0.25, 0.3) is 5.91 Å². The van der Waals surface area contributed by atoms with E-state index in [1.165, 1.54) is 32.6 Å². The van der Waals surface area contributed by atoms with Crippen molar-refractivity contribution in [3.05, 3.63) is 92.1 Å². The van der Waals surface area contributed by atoms with Gasteiger partial charge < -0.3 is 9.47 Å². The van der Waals surface area contributed by atoms with Gasteiger partial charge in [-0.3, -0.25) is 29.3 Å². The first-order valence-corrected chi connectivity index (χ1v) is 10.3. The number of hydrogen-bond acceptors (Lipinski definition) is 8. The molecular weight excluding hydrogens is 466 g/mol. The summed E-state index contributed by atoms with van der Waals surface area (Å²) in [5, 5.41) is 1.97. The van der Waals surface area contributed by atoms with Crippen molar-refractivity contribution in [1.82, 2.24) is 5.32 Å². The van der Waals surface area contributed by atoms with Crippen LogP contribution in [0.25, 0.3) is 6.08 Å². The molecule has 0 unspecified atom stereocenters. The molecule has 9 nitrogen and oxygen atoms in total. The first-order chi connectivity index (χ1) is 16.9. The second kappa shape index (κ2) is 19.8. The highest BCUT2D eigenvalue weighted by Crippen LogP contribution is 2.03. The van der Waals surface area contributed by atoms with E-state index in [0.29, 0.717) is 0 Å². The van der Waals surface area contributed by atoms with Crippen LogP contribution in [0.2, 0.25) is 0 Å². The molecule has 0 heterocycles. The van der Waals surface area contributed by atoms with E-state index in [4.69, 9.17) is 0 Å². The molecule has 0 aromatic heterocycles. The molecule has 1 aromatic carbocycles. The molecule has 0 saturated heterocycles. The molecule has 0 aliphatic heterocycles. The van der Waals surface area contributed by atoms with Gasteiger partial charge in [-0.05, 0) is 31.6 Å². The molecule has 1 rings (SSSR count). The van der Waals surface area contributed by atoms with E-state index >= 15 is 0 Å². The van der Waals surface area contributed by atoms with Crippen molar-refractivity contribution in [2.24, 2.45) is 5.92 Å². The van der Waals surface area contributed by atoms with Crippen LogP contribution in [0.1, 0.15) is 19.4 Å². The molecule has 0 aliphatic carbocycles. The van der Waals surface area contributed by atoms with Crippen molar-refractivity contribution in [3.63, 3.8) is 0 Å². The molecule has 0 spiro atoms. The van der Waals surface area contributed by atoms with Gasteiger partial charge >= 0.3 is 11.9 Å². The Bertz CT molecular complexity index is 992. The number of hydrogen-bond donors (Lipinski definition) is 1. The number of methoxy groups -OCH3 is 1. The lowest BCUT2D eigenvalue weighted by atomic mass is 10.0. The smallest absolute Gasteiger partial charge is 0.337 e. The lowest BCUT2D eigenvalue weighted by Crippen LogP contribution is -2.30. The summed E-state index contributed by atoms with van der Waals surface area (Å²) in [6, 6.07) is 10.0. The van der Waals surface area contributed by atoms with E-state index < -0.39 is 41.2 Å². The van der Waals surface area contributed by atoms with Crippen LogP contribution < -0.4 is 5.32 Å². The van der Waals surface area contributed by atoms with Crippen LogP contribution in [0.3, 0.4) is 0 Å². The third-order valence-electron chi connectivity index (χ3n) is 3.74. The number of Topliss-reactive ketones (excluding diaryl/α,β-unsaturated/α-hetero) is 2. The minimum atomic E-state index is -1.28. The Morgan fingerprint density at radius 2 is 1.47 bits per heavy atom. The number of rotatable bonds is 10. The minimum Gasteiger partial charge on any atom is -0.465 e. The van der Waals surface area contributed by atoms with Crippen molar-refractivity contribution in [2.45, 2.75) is 13.8 Å². The van der Waals surface area contributed by atoms with E-state index in [0.717, 1.165) is 18.2 Å². The predicted octanol–water partition coefficient (Wildman–Crippen LogP) is 2.94. The molecule has 0 bridgehead atoms. The second-order valence-corrected chi connectivity index (χ2v) is 6.60. The second-order valence-electron chi connectivity index (χ2n) is 6.60. The average Bonchev–Trinajstić information content (AvgIpc) is 2.86. The van der Waals surface area contributed by atoms with Crippen LogP contribution in [-0.2, 0) is 38.2 Å². The highest BCUT2D eigenvalue weighted by Gasteiger charge is 2.29. The van der Waals surface area contributed by atoms with Crippen LogP contribution in [0, 0.1) is 5.92 Å². The van der Waals surface area contributed by atoms with Crippen LogP contribution >= 0.6 is 0 Å². The lowest BCUT2D eigenvalue weighted by Gasteiger charge is -2.08. The number of benzene rings is 1. The zero-order valence-corrected chi connectivity index (χ0v) is 20.7. The number of amides is 2. The summed E-state index contributed by atoms with van der Waals surface area (Å²) < 4.78 is 8.92. The maximum atomic E-state index is 11.1. The zero-order chi connectivity index (χ0) is 28.1. The summed E-state index contributed by atoms with van der Waals surface area (Å²) in [5.74, 6) is -5.00. The Morgan fingerprint density at radius 3 is 1.86 bits per heavy atom. The van der Waals surface area contributed by atoms with Crippen molar-refractivity contribution in [3.8, 4) is 0 Å². The molecule has 192 valence electrons. The van der Waals surface area contributed by atoms with Gasteiger partial charge in [0, 0.05) is 6.08 Å². The normalized spacial score (nSPS) is 9.22. The van der Waals surface area contributed by atoms with E-state index in [-0.39, 0.29) is 12.2 Å². The van der Waals surface area contributed by atoms with E-state index in [1.54, 1.807) is 0 Å². The molecule has 0 aliphatic rings. The van der Waals surface area contributed by atoms with E-state index in [2.05, 4.69) is 35.8 Å². The summed E-state index contributed by atoms with van der Waals surface area (Å²) >= 11 is 0. The van der Waals surface area contributed by atoms with Crippen LogP contribution in [0.4, 0.5) is 0 Å². The Labute approximate surface area is 210 Å². The topological polar surface area (TPSA) is 133 Å². The van der Waals surface area contributed by atoms with Gasteiger partial charge in [-0.2, -0.15) is 0 Å². The summed E-state index contributed by atoms with van der Waals surface area (Å²) in [6.45, 7) is 15.9. The number of ketones is 2. The van der Waals surface area contributed by atoms with Gasteiger partial charge in [0.15, 0.2) is 17.5 Å². The fourth-order valence-corrected chi connectivity index (χ4v) is 2.02. The SMILES string of the molecule is C=CC(=O)NC(=O)C=CC(=C)C(=O)OC.C=CCOC(=O)C(C(C)=O)C(C)=O.C=Cc1ccccc1. The van der Waals surface area contributed by atoms with Crippen LogP contribution in [0.5, 0.6) is 0 Å². The average molecular weight is 498 g/mol. The Hall–Kier alpha value is -4.66. The molecule has 9 heteroatoms. The maximum Gasteiger partial charge on any atom is 0.337 e. The number of imide groups is 1. The molecule has 0 fully saturated rings. The monoisotopic (exact) mass is 497 g/mol. The predicted molar refractivity (Wildman–Crippen MR) is 136 cm³/mol. The Kier molecular flexibility index (Phi) is 18.4. The fraction of sp³-hybridized carbons (Fsp3) is 0.185. The standard InChI is InChI=1S/C10H11NO4.C9H12O4.C8H8/c1-4-8(12)11-9(13)6-5-7(2)10(14)15-3;1-4-5-13-9(12)8(6(2)10)7(3)11;1-2-8-6-4-3-5-7-8/h4-6H,1-2H2,3H3,(H,11,12,13);4,8H,1,5H2,2-3H3;2-7H,1H2. The zero-order valence-electron chi connectivity index (χ0n) is 20.7. The third-order valence-corrected chi connectivity index (χ3v) is 3.74. The van der Waals surface area contributed by atoms with Crippen molar-refractivity contribution < 1.29 is 38.2 Å². The molecule has 36 heavy (non-hydrogen) atoms. The molecule has 1 aromatic rings. The van der Waals surface area contributed by atoms with Crippen molar-refractivity contribution in [2.75, 3.05) is 13.7 Å². The molecule has 0 radical (unpaired) electrons. The van der Waals surface area contributed by atoms with E-state index in [1.807, 2.05) is 41.7 Å². The first kappa shape index (κ1) is 33.5. The van der Waals surface area contributed by atoms with Crippen LogP contribution in [0.15, 0.2) is 86.5 Å². The summed E-state index contributed by atoms with van der Waals surface area (Å²) in [6.07, 6.45) is 6.31. The van der Waals surface area contributed by atoms with E-state index in [9.17, 15) is 28.8 Å². The van der Waals surface area contributed by atoms with Crippen molar-refractivity contribution in [1.29, 1.82) is 0 Å². The molecule has 2 amide bonds. The number of esters is 2. The number of nitrogens with one attached hydrogen (secondary N) is 1. The molecule has 0 atom stereocenters. The largest absolute Gasteiger partial charge is 0.465 e.